The highest BCUT2D eigenvalue weighted by molar-refractivity contribution is 5.87. The smallest absolute Gasteiger partial charge is 0.358 e. The molecule has 0 spiro atoms. The fraction of sp³-hybridized carbons (Fsp3) is 0.421. The molecule has 1 aromatic carbocycles. The van der Waals surface area contributed by atoms with Gasteiger partial charge in [0.1, 0.15) is 18.1 Å². The van der Waals surface area contributed by atoms with Gasteiger partial charge in [0, 0.05) is 11.9 Å². The first-order chi connectivity index (χ1) is 12.2. The summed E-state index contributed by atoms with van der Waals surface area (Å²) in [6.45, 7) is 2.05. The summed E-state index contributed by atoms with van der Waals surface area (Å²) in [5.74, 6) is 0.155. The van der Waals surface area contributed by atoms with Gasteiger partial charge in [0.2, 0.25) is 0 Å². The molecule has 2 aromatic rings. The minimum Gasteiger partial charge on any atom is -0.489 e. The second-order valence-corrected chi connectivity index (χ2v) is 6.06. The van der Waals surface area contributed by atoms with Crippen LogP contribution in [0, 0.1) is 11.3 Å². The maximum atomic E-state index is 11.7. The van der Waals surface area contributed by atoms with Crippen molar-refractivity contribution in [2.75, 3.05) is 6.61 Å². The van der Waals surface area contributed by atoms with Gasteiger partial charge in [-0.2, -0.15) is 5.26 Å². The van der Waals surface area contributed by atoms with Gasteiger partial charge in [-0.05, 0) is 50.8 Å². The SMILES string of the molecule is CCOC(=O)c1cn(-c2ccc(OC3CCCCC3)c(C#N)c2)cn1. The Labute approximate surface area is 147 Å². The predicted molar refractivity (Wildman–Crippen MR) is 91.7 cm³/mol. The van der Waals surface area contributed by atoms with Crippen LogP contribution in [0.4, 0.5) is 0 Å². The molecule has 0 saturated heterocycles. The van der Waals surface area contributed by atoms with Crippen molar-refractivity contribution in [2.24, 2.45) is 0 Å². The van der Waals surface area contributed by atoms with Crippen LogP contribution in [0.2, 0.25) is 0 Å². The molecule has 1 heterocycles. The second-order valence-electron chi connectivity index (χ2n) is 6.06. The second kappa shape index (κ2) is 7.84. The lowest BCUT2D eigenvalue weighted by molar-refractivity contribution is 0.0520. The summed E-state index contributed by atoms with van der Waals surface area (Å²) in [5.41, 5.74) is 1.47. The van der Waals surface area contributed by atoms with Gasteiger partial charge in [-0.3, -0.25) is 0 Å². The molecular formula is C19H21N3O3. The van der Waals surface area contributed by atoms with Crippen molar-refractivity contribution in [1.29, 1.82) is 5.26 Å². The number of benzene rings is 1. The van der Waals surface area contributed by atoms with Crippen molar-refractivity contribution in [3.8, 4) is 17.5 Å². The zero-order valence-corrected chi connectivity index (χ0v) is 14.3. The monoisotopic (exact) mass is 339 g/mol. The van der Waals surface area contributed by atoms with Crippen molar-refractivity contribution in [2.45, 2.75) is 45.1 Å². The summed E-state index contributed by atoms with van der Waals surface area (Å²) in [4.78, 5) is 15.8. The van der Waals surface area contributed by atoms with Crippen molar-refractivity contribution in [3.63, 3.8) is 0 Å². The molecule has 1 aliphatic rings. The highest BCUT2D eigenvalue weighted by Gasteiger charge is 2.17. The summed E-state index contributed by atoms with van der Waals surface area (Å²) in [7, 11) is 0. The number of ether oxygens (including phenoxy) is 2. The van der Waals surface area contributed by atoms with Crippen molar-refractivity contribution >= 4 is 5.97 Å². The lowest BCUT2D eigenvalue weighted by Crippen LogP contribution is -2.20. The van der Waals surface area contributed by atoms with Gasteiger partial charge in [0.25, 0.3) is 0 Å². The number of esters is 1. The summed E-state index contributed by atoms with van der Waals surface area (Å²) in [6.07, 6.45) is 9.00. The van der Waals surface area contributed by atoms with Crippen LogP contribution in [0.25, 0.3) is 5.69 Å². The minimum absolute atomic E-state index is 0.190. The molecule has 1 aromatic heterocycles. The third-order valence-corrected chi connectivity index (χ3v) is 4.29. The van der Waals surface area contributed by atoms with Crippen molar-refractivity contribution in [3.05, 3.63) is 42.0 Å². The number of imidazole rings is 1. The number of aromatic nitrogens is 2. The summed E-state index contributed by atoms with van der Waals surface area (Å²) < 4.78 is 12.7. The Kier molecular flexibility index (Phi) is 5.34. The van der Waals surface area contributed by atoms with Crippen LogP contribution in [0.1, 0.15) is 55.1 Å². The first kappa shape index (κ1) is 17.0. The molecule has 25 heavy (non-hydrogen) atoms. The van der Waals surface area contributed by atoms with Gasteiger partial charge in [-0.1, -0.05) is 6.42 Å². The molecule has 1 aliphatic carbocycles. The van der Waals surface area contributed by atoms with E-state index in [0.717, 1.165) is 18.5 Å². The number of nitrogens with zero attached hydrogens (tertiary/aromatic N) is 3. The molecular weight excluding hydrogens is 318 g/mol. The van der Waals surface area contributed by atoms with E-state index >= 15 is 0 Å². The topological polar surface area (TPSA) is 77.1 Å². The molecule has 0 bridgehead atoms. The first-order valence-corrected chi connectivity index (χ1v) is 8.63. The van der Waals surface area contributed by atoms with Crippen LogP contribution in [0.15, 0.2) is 30.7 Å². The van der Waals surface area contributed by atoms with Gasteiger partial charge >= 0.3 is 5.97 Å². The quantitative estimate of drug-likeness (QED) is 0.777. The van der Waals surface area contributed by atoms with Gasteiger partial charge in [-0.25, -0.2) is 9.78 Å². The number of carbonyl (C=O) groups is 1. The van der Waals surface area contributed by atoms with E-state index in [2.05, 4.69) is 11.1 Å². The van der Waals surface area contributed by atoms with Gasteiger partial charge in [-0.15, -0.1) is 0 Å². The molecule has 1 saturated carbocycles. The Morgan fingerprint density at radius 1 is 1.36 bits per heavy atom. The van der Waals surface area contributed by atoms with E-state index in [0.29, 0.717) is 17.9 Å². The largest absolute Gasteiger partial charge is 0.489 e. The minimum atomic E-state index is -0.459. The zero-order chi connectivity index (χ0) is 17.6. The zero-order valence-electron chi connectivity index (χ0n) is 14.3. The molecule has 6 nitrogen and oxygen atoms in total. The van der Waals surface area contributed by atoms with Crippen LogP contribution >= 0.6 is 0 Å². The van der Waals surface area contributed by atoms with Crippen LogP contribution in [-0.2, 0) is 4.74 Å². The average Bonchev–Trinajstić information content (AvgIpc) is 3.13. The van der Waals surface area contributed by atoms with E-state index < -0.39 is 5.97 Å². The van der Waals surface area contributed by atoms with E-state index in [-0.39, 0.29) is 11.8 Å². The van der Waals surface area contributed by atoms with Crippen molar-refractivity contribution < 1.29 is 14.3 Å². The maximum Gasteiger partial charge on any atom is 0.358 e. The molecule has 130 valence electrons. The molecule has 1 fully saturated rings. The number of carbonyl (C=O) groups excluding carboxylic acids is 1. The molecule has 0 aliphatic heterocycles. The number of hydrogen-bond acceptors (Lipinski definition) is 5. The van der Waals surface area contributed by atoms with E-state index in [1.807, 2.05) is 12.1 Å². The van der Waals surface area contributed by atoms with Crippen LogP contribution in [-0.4, -0.2) is 28.2 Å². The Morgan fingerprint density at radius 2 is 2.16 bits per heavy atom. The highest BCUT2D eigenvalue weighted by Crippen LogP contribution is 2.27. The van der Waals surface area contributed by atoms with Crippen LogP contribution in [0.5, 0.6) is 5.75 Å². The Morgan fingerprint density at radius 3 is 2.88 bits per heavy atom. The maximum absolute atomic E-state index is 11.7. The molecule has 0 atom stereocenters. The van der Waals surface area contributed by atoms with Gasteiger partial charge < -0.3 is 14.0 Å². The first-order valence-electron chi connectivity index (χ1n) is 8.63. The number of rotatable bonds is 5. The lowest BCUT2D eigenvalue weighted by Gasteiger charge is -2.23. The normalized spacial score (nSPS) is 14.7. The van der Waals surface area contributed by atoms with E-state index in [4.69, 9.17) is 9.47 Å². The lowest BCUT2D eigenvalue weighted by atomic mass is 9.97. The fourth-order valence-electron chi connectivity index (χ4n) is 3.01. The molecule has 6 heteroatoms. The molecule has 0 N–H and O–H groups in total. The summed E-state index contributed by atoms with van der Waals surface area (Å²) >= 11 is 0. The molecule has 0 amide bonds. The Hall–Kier alpha value is -2.81. The Bertz CT molecular complexity index is 785. The molecule has 0 unspecified atom stereocenters. The summed E-state index contributed by atoms with van der Waals surface area (Å²) in [5, 5.41) is 9.45. The number of hydrogen-bond donors (Lipinski definition) is 0. The van der Waals surface area contributed by atoms with Crippen molar-refractivity contribution in [1.82, 2.24) is 9.55 Å². The van der Waals surface area contributed by atoms with Crippen LogP contribution in [0.3, 0.4) is 0 Å². The highest BCUT2D eigenvalue weighted by atomic mass is 16.5. The number of nitriles is 1. The third kappa shape index (κ3) is 4.00. The third-order valence-electron chi connectivity index (χ3n) is 4.29. The van der Waals surface area contributed by atoms with E-state index in [9.17, 15) is 10.1 Å². The predicted octanol–water partition coefficient (Wildman–Crippen LogP) is 3.63. The standard InChI is InChI=1S/C19H21N3O3/c1-2-24-19(23)17-12-22(13-21-17)15-8-9-18(14(10-15)11-20)25-16-6-4-3-5-7-16/h8-10,12-13,16H,2-7H2,1H3. The molecule has 0 radical (unpaired) electrons. The van der Waals surface area contributed by atoms with Gasteiger partial charge in [0.05, 0.1) is 18.3 Å². The van der Waals surface area contributed by atoms with E-state index in [1.54, 1.807) is 23.8 Å². The van der Waals surface area contributed by atoms with E-state index in [1.165, 1.54) is 25.6 Å². The Balaban J connectivity index is 1.79. The van der Waals surface area contributed by atoms with Gasteiger partial charge in [0.15, 0.2) is 5.69 Å². The average molecular weight is 339 g/mol. The molecule has 3 rings (SSSR count). The fourth-order valence-corrected chi connectivity index (χ4v) is 3.01. The van der Waals surface area contributed by atoms with Crippen LogP contribution < -0.4 is 4.74 Å². The summed E-state index contributed by atoms with van der Waals surface area (Å²) in [6, 6.07) is 7.61.